The third-order valence-electron chi connectivity index (χ3n) is 4.38. The molecule has 10 heteroatoms. The Bertz CT molecular complexity index is 1010. The third kappa shape index (κ3) is 5.69. The molecular formula is C20H26N4O5S. The fraction of sp³-hybridized carbons (Fsp3) is 0.350. The van der Waals surface area contributed by atoms with Gasteiger partial charge in [-0.1, -0.05) is 18.2 Å². The van der Waals surface area contributed by atoms with E-state index in [0.717, 1.165) is 24.0 Å². The van der Waals surface area contributed by atoms with E-state index in [1.54, 1.807) is 24.3 Å². The Morgan fingerprint density at radius 1 is 1.13 bits per heavy atom. The molecule has 0 amide bonds. The van der Waals surface area contributed by atoms with Crippen molar-refractivity contribution in [1.82, 2.24) is 0 Å². The molecular weight excluding hydrogens is 408 g/mol. The third-order valence-corrected chi connectivity index (χ3v) is 5.70. The quantitative estimate of drug-likeness (QED) is 0.267. The number of oxime groups is 1. The molecule has 4 N–H and O–H groups in total. The summed E-state index contributed by atoms with van der Waals surface area (Å²) in [7, 11) is -4.00. The molecule has 0 saturated carbocycles. The van der Waals surface area contributed by atoms with E-state index < -0.39 is 10.3 Å². The lowest BCUT2D eigenvalue weighted by atomic mass is 10.0. The molecule has 0 aliphatic carbocycles. The van der Waals surface area contributed by atoms with Crippen molar-refractivity contribution >= 4 is 22.0 Å². The van der Waals surface area contributed by atoms with E-state index in [0.29, 0.717) is 31.0 Å². The van der Waals surface area contributed by atoms with Gasteiger partial charge in [-0.3, -0.25) is 0 Å². The Kier molecular flexibility index (Phi) is 6.88. The number of rotatable bonds is 9. The minimum Gasteiger partial charge on any atom is -0.493 e. The van der Waals surface area contributed by atoms with E-state index in [4.69, 9.17) is 25.2 Å². The highest BCUT2D eigenvalue weighted by molar-refractivity contribution is 7.88. The standard InChI is InChI=1S/C20H26N4O5S/c1-15-12-17(27-10-5-11-28-23-20(21)22)14-18(13-15)29-30(25,26)24-9-4-7-16-6-2-3-8-19(16)24/h2-3,6,8,12-14H,4-5,7,9-11H2,1H3,(H4,21,22,23). The average molecular weight is 435 g/mol. The average Bonchev–Trinajstić information content (AvgIpc) is 2.69. The molecule has 0 spiro atoms. The van der Waals surface area contributed by atoms with Gasteiger partial charge in [0.2, 0.25) is 5.96 Å². The van der Waals surface area contributed by atoms with Crippen molar-refractivity contribution in [2.45, 2.75) is 26.2 Å². The second kappa shape index (κ2) is 9.57. The zero-order chi connectivity index (χ0) is 21.6. The Morgan fingerprint density at radius 3 is 2.70 bits per heavy atom. The molecule has 30 heavy (non-hydrogen) atoms. The van der Waals surface area contributed by atoms with Gasteiger partial charge in [-0.05, 0) is 54.2 Å². The fourth-order valence-corrected chi connectivity index (χ4v) is 4.38. The van der Waals surface area contributed by atoms with E-state index in [1.807, 2.05) is 25.1 Å². The molecule has 1 aliphatic heterocycles. The predicted molar refractivity (Wildman–Crippen MR) is 115 cm³/mol. The van der Waals surface area contributed by atoms with Crippen LogP contribution in [0.4, 0.5) is 5.69 Å². The highest BCUT2D eigenvalue weighted by Crippen LogP contribution is 2.31. The normalized spacial score (nSPS) is 13.3. The molecule has 0 aromatic heterocycles. The van der Waals surface area contributed by atoms with Crippen LogP contribution in [0, 0.1) is 6.92 Å². The summed E-state index contributed by atoms with van der Waals surface area (Å²) < 4.78 is 38.3. The SMILES string of the molecule is Cc1cc(OCCCON=C(N)N)cc(OS(=O)(=O)N2CCCc3ccccc32)c1. The Labute approximate surface area is 176 Å². The minimum absolute atomic E-state index is 0.145. The lowest BCUT2D eigenvalue weighted by molar-refractivity contribution is 0.127. The number of ether oxygens (including phenoxy) is 1. The van der Waals surface area contributed by atoms with Gasteiger partial charge in [0, 0.05) is 19.0 Å². The van der Waals surface area contributed by atoms with Crippen molar-refractivity contribution < 1.29 is 22.2 Å². The number of nitrogens with two attached hydrogens (primary N) is 2. The maximum atomic E-state index is 12.9. The summed E-state index contributed by atoms with van der Waals surface area (Å²) in [5, 5.41) is 3.42. The van der Waals surface area contributed by atoms with Gasteiger partial charge in [0.15, 0.2) is 0 Å². The van der Waals surface area contributed by atoms with Gasteiger partial charge < -0.3 is 25.2 Å². The summed E-state index contributed by atoms with van der Waals surface area (Å²) in [5.41, 5.74) is 12.8. The first-order valence-electron chi connectivity index (χ1n) is 9.60. The zero-order valence-corrected chi connectivity index (χ0v) is 17.6. The van der Waals surface area contributed by atoms with E-state index >= 15 is 0 Å². The second-order valence-corrected chi connectivity index (χ2v) is 8.34. The van der Waals surface area contributed by atoms with Gasteiger partial charge in [0.05, 0.1) is 12.3 Å². The van der Waals surface area contributed by atoms with Crippen LogP contribution in [0.2, 0.25) is 0 Å². The summed E-state index contributed by atoms with van der Waals surface area (Å²) in [6, 6.07) is 12.5. The topological polar surface area (TPSA) is 129 Å². The summed E-state index contributed by atoms with van der Waals surface area (Å²) in [6.45, 7) is 2.85. The number of nitrogens with zero attached hydrogens (tertiary/aromatic N) is 2. The van der Waals surface area contributed by atoms with Crippen LogP contribution >= 0.6 is 0 Å². The Balaban J connectivity index is 1.66. The number of hydrogen-bond acceptors (Lipinski definition) is 6. The lowest BCUT2D eigenvalue weighted by Crippen LogP contribution is -2.38. The van der Waals surface area contributed by atoms with E-state index in [2.05, 4.69) is 5.16 Å². The number of aryl methyl sites for hydroxylation is 2. The first-order valence-corrected chi connectivity index (χ1v) is 11.0. The van der Waals surface area contributed by atoms with Crippen LogP contribution in [0.15, 0.2) is 47.6 Å². The molecule has 0 atom stereocenters. The molecule has 162 valence electrons. The predicted octanol–water partition coefficient (Wildman–Crippen LogP) is 2.05. The van der Waals surface area contributed by atoms with Crippen LogP contribution in [-0.4, -0.2) is 34.1 Å². The first-order chi connectivity index (χ1) is 14.3. The summed E-state index contributed by atoms with van der Waals surface area (Å²) in [6.07, 6.45) is 2.13. The largest absolute Gasteiger partial charge is 0.493 e. The highest BCUT2D eigenvalue weighted by Gasteiger charge is 2.29. The Hall–Kier alpha value is -3.14. The van der Waals surface area contributed by atoms with Gasteiger partial charge in [0.25, 0.3) is 0 Å². The van der Waals surface area contributed by atoms with Crippen molar-refractivity contribution in [3.05, 3.63) is 53.6 Å². The Morgan fingerprint density at radius 2 is 1.90 bits per heavy atom. The molecule has 3 rings (SSSR count). The van der Waals surface area contributed by atoms with Gasteiger partial charge in [-0.15, -0.1) is 0 Å². The van der Waals surface area contributed by atoms with E-state index in [9.17, 15) is 8.42 Å². The molecule has 0 radical (unpaired) electrons. The van der Waals surface area contributed by atoms with Crippen molar-refractivity contribution in [1.29, 1.82) is 0 Å². The number of fused-ring (bicyclic) bond motifs is 1. The van der Waals surface area contributed by atoms with E-state index in [1.165, 1.54) is 4.31 Å². The molecule has 2 aromatic rings. The number of hydrogen-bond donors (Lipinski definition) is 2. The molecule has 9 nitrogen and oxygen atoms in total. The molecule has 0 fully saturated rings. The van der Waals surface area contributed by atoms with Crippen LogP contribution in [0.5, 0.6) is 11.5 Å². The minimum atomic E-state index is -4.00. The molecule has 1 heterocycles. The van der Waals surface area contributed by atoms with Crippen molar-refractivity contribution in [2.75, 3.05) is 24.1 Å². The van der Waals surface area contributed by atoms with Crippen LogP contribution < -0.4 is 24.7 Å². The van der Waals surface area contributed by atoms with Crippen LogP contribution in [0.3, 0.4) is 0 Å². The van der Waals surface area contributed by atoms with Crippen LogP contribution in [-0.2, 0) is 21.6 Å². The van der Waals surface area contributed by atoms with Gasteiger partial charge >= 0.3 is 10.3 Å². The second-order valence-electron chi connectivity index (χ2n) is 6.88. The number of anilines is 1. The molecule has 2 aromatic carbocycles. The molecule has 0 unspecified atom stereocenters. The van der Waals surface area contributed by atoms with Crippen molar-refractivity contribution in [2.24, 2.45) is 16.6 Å². The lowest BCUT2D eigenvalue weighted by Gasteiger charge is -2.29. The summed E-state index contributed by atoms with van der Waals surface area (Å²) in [4.78, 5) is 4.89. The zero-order valence-electron chi connectivity index (χ0n) is 16.8. The summed E-state index contributed by atoms with van der Waals surface area (Å²) >= 11 is 0. The smallest absolute Gasteiger partial charge is 0.409 e. The maximum Gasteiger partial charge on any atom is 0.409 e. The highest BCUT2D eigenvalue weighted by atomic mass is 32.2. The molecule has 0 saturated heterocycles. The van der Waals surface area contributed by atoms with Crippen molar-refractivity contribution in [3.63, 3.8) is 0 Å². The number of guanidine groups is 1. The van der Waals surface area contributed by atoms with Gasteiger partial charge in [-0.2, -0.15) is 8.42 Å². The molecule has 0 bridgehead atoms. The van der Waals surface area contributed by atoms with Gasteiger partial charge in [0.1, 0.15) is 18.1 Å². The number of benzene rings is 2. The van der Waals surface area contributed by atoms with Crippen LogP contribution in [0.25, 0.3) is 0 Å². The van der Waals surface area contributed by atoms with Crippen LogP contribution in [0.1, 0.15) is 24.0 Å². The number of para-hydroxylation sites is 1. The first kappa shape index (κ1) is 21.6. The maximum absolute atomic E-state index is 12.9. The van der Waals surface area contributed by atoms with Crippen molar-refractivity contribution in [3.8, 4) is 11.5 Å². The summed E-state index contributed by atoms with van der Waals surface area (Å²) in [5.74, 6) is 0.555. The van der Waals surface area contributed by atoms with E-state index in [-0.39, 0.29) is 18.3 Å². The van der Waals surface area contributed by atoms with Gasteiger partial charge in [-0.25, -0.2) is 4.31 Å². The fourth-order valence-electron chi connectivity index (χ4n) is 3.18. The monoisotopic (exact) mass is 434 g/mol. The molecule has 1 aliphatic rings.